The summed E-state index contributed by atoms with van der Waals surface area (Å²) in [5.74, 6) is 0. The van der Waals surface area contributed by atoms with Crippen LogP contribution in [0.2, 0.25) is 0 Å². The van der Waals surface area contributed by atoms with Gasteiger partial charge in [0.15, 0.2) is 0 Å². The van der Waals surface area contributed by atoms with Crippen molar-refractivity contribution in [2.24, 2.45) is 5.73 Å². The molecule has 0 aromatic rings. The van der Waals surface area contributed by atoms with Crippen molar-refractivity contribution >= 4 is 0 Å². The minimum absolute atomic E-state index is 0.212. The van der Waals surface area contributed by atoms with Crippen molar-refractivity contribution in [3.8, 4) is 0 Å². The van der Waals surface area contributed by atoms with Crippen LogP contribution in [-0.4, -0.2) is 12.8 Å². The van der Waals surface area contributed by atoms with Crippen LogP contribution in [0, 0.1) is 0 Å². The molecule has 1 radical (unpaired) electrons. The van der Waals surface area contributed by atoms with Crippen LogP contribution < -0.4 is 11.2 Å². The van der Waals surface area contributed by atoms with Crippen LogP contribution >= 0.6 is 0 Å². The van der Waals surface area contributed by atoms with Crippen molar-refractivity contribution in [1.82, 2.24) is 5.48 Å². The standard InChI is InChI=1S/C6H15N2O/c1-3-5-8-9-6(7)4-2/h6H,3-5,7H2,1-2H3. The lowest BCUT2D eigenvalue weighted by atomic mass is 10.4. The molecule has 2 N–H and O–H groups in total. The summed E-state index contributed by atoms with van der Waals surface area (Å²) in [5.41, 5.74) is 9.13. The second kappa shape index (κ2) is 6.01. The van der Waals surface area contributed by atoms with Crippen LogP contribution in [0.25, 0.3) is 0 Å². The van der Waals surface area contributed by atoms with Gasteiger partial charge in [0.1, 0.15) is 6.23 Å². The summed E-state index contributed by atoms with van der Waals surface area (Å²) in [6.07, 6.45) is 1.61. The average Bonchev–Trinajstić information content (AvgIpc) is 1.89. The van der Waals surface area contributed by atoms with Crippen molar-refractivity contribution in [2.75, 3.05) is 6.54 Å². The van der Waals surface area contributed by atoms with E-state index >= 15 is 0 Å². The van der Waals surface area contributed by atoms with E-state index in [0.29, 0.717) is 0 Å². The van der Waals surface area contributed by atoms with E-state index < -0.39 is 0 Å². The van der Waals surface area contributed by atoms with Crippen LogP contribution in [-0.2, 0) is 4.84 Å². The highest BCUT2D eigenvalue weighted by molar-refractivity contribution is 4.38. The van der Waals surface area contributed by atoms with Crippen molar-refractivity contribution in [3.63, 3.8) is 0 Å². The maximum absolute atomic E-state index is 5.40. The van der Waals surface area contributed by atoms with Crippen molar-refractivity contribution in [1.29, 1.82) is 0 Å². The van der Waals surface area contributed by atoms with Gasteiger partial charge in [-0.2, -0.15) is 0 Å². The second-order valence-corrected chi connectivity index (χ2v) is 1.90. The van der Waals surface area contributed by atoms with E-state index in [-0.39, 0.29) is 6.23 Å². The fourth-order valence-electron chi connectivity index (χ4n) is 0.314. The molecule has 0 aliphatic rings. The van der Waals surface area contributed by atoms with Crippen LogP contribution in [0.4, 0.5) is 0 Å². The van der Waals surface area contributed by atoms with Crippen LogP contribution in [0.15, 0.2) is 0 Å². The molecule has 0 aromatic heterocycles. The molecule has 0 spiro atoms. The Morgan fingerprint density at radius 2 is 2.22 bits per heavy atom. The zero-order chi connectivity index (χ0) is 7.11. The summed E-state index contributed by atoms with van der Waals surface area (Å²) >= 11 is 0. The Bertz CT molecular complexity index is 59.0. The minimum Gasteiger partial charge on any atom is -0.304 e. The largest absolute Gasteiger partial charge is 0.304 e. The van der Waals surface area contributed by atoms with Gasteiger partial charge >= 0.3 is 0 Å². The molecule has 0 amide bonds. The van der Waals surface area contributed by atoms with Crippen molar-refractivity contribution in [3.05, 3.63) is 0 Å². The fraction of sp³-hybridized carbons (Fsp3) is 1.00. The Morgan fingerprint density at radius 1 is 1.56 bits per heavy atom. The molecule has 0 saturated carbocycles. The average molecular weight is 131 g/mol. The zero-order valence-electron chi connectivity index (χ0n) is 6.13. The predicted molar refractivity (Wildman–Crippen MR) is 36.6 cm³/mol. The third kappa shape index (κ3) is 5.76. The Morgan fingerprint density at radius 3 is 2.67 bits per heavy atom. The van der Waals surface area contributed by atoms with Crippen LogP contribution in [0.3, 0.4) is 0 Å². The molecule has 3 heteroatoms. The molecule has 1 unspecified atom stereocenters. The summed E-state index contributed by atoms with van der Waals surface area (Å²) in [6.45, 7) is 4.75. The molecule has 9 heavy (non-hydrogen) atoms. The predicted octanol–water partition coefficient (Wildman–Crippen LogP) is 0.627. The Balaban J connectivity index is 2.88. The van der Waals surface area contributed by atoms with Gasteiger partial charge in [0.25, 0.3) is 0 Å². The SMILES string of the molecule is CCC[N]OC(N)CC. The lowest BCUT2D eigenvalue weighted by Gasteiger charge is -2.06. The second-order valence-electron chi connectivity index (χ2n) is 1.90. The molecule has 55 valence electrons. The third-order valence-electron chi connectivity index (χ3n) is 0.927. The summed E-state index contributed by atoms with van der Waals surface area (Å²) < 4.78 is 0. The first-order chi connectivity index (χ1) is 4.31. The quantitative estimate of drug-likeness (QED) is 0.338. The van der Waals surface area contributed by atoms with E-state index in [0.717, 1.165) is 19.4 Å². The van der Waals surface area contributed by atoms with E-state index in [4.69, 9.17) is 10.6 Å². The number of nitrogens with zero attached hydrogens (tertiary/aromatic N) is 1. The lowest BCUT2D eigenvalue weighted by molar-refractivity contribution is -0.0296. The van der Waals surface area contributed by atoms with E-state index in [9.17, 15) is 0 Å². The summed E-state index contributed by atoms with van der Waals surface area (Å²) in [4.78, 5) is 4.83. The Kier molecular flexibility index (Phi) is 5.93. The van der Waals surface area contributed by atoms with Crippen LogP contribution in [0.1, 0.15) is 26.7 Å². The summed E-state index contributed by atoms with van der Waals surface area (Å²) in [6, 6.07) is 0. The highest BCUT2D eigenvalue weighted by Crippen LogP contribution is 1.85. The number of rotatable bonds is 5. The topological polar surface area (TPSA) is 49.4 Å². The van der Waals surface area contributed by atoms with E-state index in [1.807, 2.05) is 13.8 Å². The molecule has 0 heterocycles. The maximum Gasteiger partial charge on any atom is 0.128 e. The molecule has 0 aromatic carbocycles. The number of hydrogen-bond acceptors (Lipinski definition) is 2. The summed E-state index contributed by atoms with van der Waals surface area (Å²) in [5, 5.41) is 0. The number of hydroxylamine groups is 1. The number of hydrogen-bond donors (Lipinski definition) is 1. The smallest absolute Gasteiger partial charge is 0.128 e. The Hall–Kier alpha value is -0.120. The van der Waals surface area contributed by atoms with Gasteiger partial charge in [0, 0.05) is 6.54 Å². The molecule has 0 fully saturated rings. The van der Waals surface area contributed by atoms with E-state index in [1.54, 1.807) is 0 Å². The van der Waals surface area contributed by atoms with Gasteiger partial charge in [-0.3, -0.25) is 4.84 Å². The van der Waals surface area contributed by atoms with Gasteiger partial charge in [-0.15, -0.1) is 0 Å². The van der Waals surface area contributed by atoms with Crippen molar-refractivity contribution < 1.29 is 4.84 Å². The normalized spacial score (nSPS) is 13.7. The van der Waals surface area contributed by atoms with Gasteiger partial charge in [-0.05, 0) is 12.8 Å². The van der Waals surface area contributed by atoms with Gasteiger partial charge in [0.05, 0.1) is 0 Å². The van der Waals surface area contributed by atoms with Crippen LogP contribution in [0.5, 0.6) is 0 Å². The summed E-state index contributed by atoms with van der Waals surface area (Å²) in [7, 11) is 0. The molecule has 0 saturated heterocycles. The monoisotopic (exact) mass is 131 g/mol. The van der Waals surface area contributed by atoms with Crippen molar-refractivity contribution in [2.45, 2.75) is 32.9 Å². The number of nitrogens with two attached hydrogens (primary N) is 1. The first-order valence-corrected chi connectivity index (χ1v) is 3.39. The van der Waals surface area contributed by atoms with Gasteiger partial charge in [0.2, 0.25) is 0 Å². The first-order valence-electron chi connectivity index (χ1n) is 3.39. The van der Waals surface area contributed by atoms with E-state index in [1.165, 1.54) is 0 Å². The Labute approximate surface area is 56.5 Å². The van der Waals surface area contributed by atoms with E-state index in [2.05, 4.69) is 5.48 Å². The lowest BCUT2D eigenvalue weighted by Crippen LogP contribution is -2.26. The minimum atomic E-state index is -0.212. The van der Waals surface area contributed by atoms with Gasteiger partial charge in [-0.25, -0.2) is 0 Å². The molecule has 3 nitrogen and oxygen atoms in total. The van der Waals surface area contributed by atoms with Gasteiger partial charge in [-0.1, -0.05) is 19.3 Å². The highest BCUT2D eigenvalue weighted by Gasteiger charge is 1.96. The first kappa shape index (κ1) is 8.88. The molecule has 0 bridgehead atoms. The molecule has 0 aliphatic carbocycles. The molecule has 1 atom stereocenters. The third-order valence-corrected chi connectivity index (χ3v) is 0.927. The molecular weight excluding hydrogens is 116 g/mol. The fourth-order valence-corrected chi connectivity index (χ4v) is 0.314. The molecular formula is C6H15N2O. The zero-order valence-corrected chi connectivity index (χ0v) is 6.13. The molecule has 0 rings (SSSR count). The maximum atomic E-state index is 5.40. The molecule has 0 aliphatic heterocycles. The highest BCUT2D eigenvalue weighted by atomic mass is 16.7. The van der Waals surface area contributed by atoms with Gasteiger partial charge < -0.3 is 5.73 Å².